The van der Waals surface area contributed by atoms with Crippen molar-refractivity contribution in [3.63, 3.8) is 0 Å². The number of ether oxygens (including phenoxy) is 1. The minimum Gasteiger partial charge on any atom is -0.497 e. The topological polar surface area (TPSA) is 61.9 Å². The summed E-state index contributed by atoms with van der Waals surface area (Å²) in [6.07, 6.45) is 8.21. The van der Waals surface area contributed by atoms with Crippen LogP contribution in [0.4, 0.5) is 0 Å². The molecule has 6 heteroatoms. The van der Waals surface area contributed by atoms with Crippen LogP contribution in [0.15, 0.2) is 24.3 Å². The van der Waals surface area contributed by atoms with Gasteiger partial charge in [0.05, 0.1) is 7.11 Å². The van der Waals surface area contributed by atoms with E-state index in [1.807, 2.05) is 17.0 Å². The SMILES string of the molecule is COc1ccc(C2C(CNC(=O)C3CCCN3C(=O)C3CCCC3)CCCN2C)cc1. The first-order valence-electron chi connectivity index (χ1n) is 12.0. The van der Waals surface area contributed by atoms with Crippen molar-refractivity contribution in [2.75, 3.05) is 33.8 Å². The molecule has 2 amide bonds. The van der Waals surface area contributed by atoms with E-state index in [0.717, 1.165) is 70.2 Å². The molecular formula is C25H37N3O3. The monoisotopic (exact) mass is 427 g/mol. The average molecular weight is 428 g/mol. The zero-order valence-corrected chi connectivity index (χ0v) is 19.0. The molecule has 4 rings (SSSR count). The molecule has 2 aliphatic heterocycles. The molecule has 3 aliphatic rings. The number of piperidine rings is 1. The molecule has 0 radical (unpaired) electrons. The van der Waals surface area contributed by atoms with E-state index in [0.29, 0.717) is 12.5 Å². The number of amides is 2. The lowest BCUT2D eigenvalue weighted by molar-refractivity contribution is -0.141. The Morgan fingerprint density at radius 1 is 1.00 bits per heavy atom. The van der Waals surface area contributed by atoms with Gasteiger partial charge in [0.2, 0.25) is 11.8 Å². The van der Waals surface area contributed by atoms with E-state index >= 15 is 0 Å². The maximum atomic E-state index is 13.1. The normalized spacial score (nSPS) is 27.4. The summed E-state index contributed by atoms with van der Waals surface area (Å²) in [4.78, 5) is 30.3. The van der Waals surface area contributed by atoms with Crippen molar-refractivity contribution in [1.82, 2.24) is 15.1 Å². The highest BCUT2D eigenvalue weighted by atomic mass is 16.5. The van der Waals surface area contributed by atoms with E-state index in [1.165, 1.54) is 5.56 Å². The highest BCUT2D eigenvalue weighted by Crippen LogP contribution is 2.35. The van der Waals surface area contributed by atoms with Crippen molar-refractivity contribution in [1.29, 1.82) is 0 Å². The van der Waals surface area contributed by atoms with Gasteiger partial charge in [-0.3, -0.25) is 14.5 Å². The lowest BCUT2D eigenvalue weighted by atomic mass is 9.84. The van der Waals surface area contributed by atoms with Crippen molar-refractivity contribution in [2.24, 2.45) is 11.8 Å². The van der Waals surface area contributed by atoms with E-state index < -0.39 is 0 Å². The summed E-state index contributed by atoms with van der Waals surface area (Å²) in [5.41, 5.74) is 1.26. The molecule has 1 N–H and O–H groups in total. The van der Waals surface area contributed by atoms with Crippen molar-refractivity contribution >= 4 is 11.8 Å². The molecule has 3 unspecified atom stereocenters. The molecule has 0 bridgehead atoms. The number of hydrogen-bond acceptors (Lipinski definition) is 4. The van der Waals surface area contributed by atoms with Crippen molar-refractivity contribution < 1.29 is 14.3 Å². The van der Waals surface area contributed by atoms with Crippen LogP contribution in [0.3, 0.4) is 0 Å². The van der Waals surface area contributed by atoms with Gasteiger partial charge in [-0.1, -0.05) is 25.0 Å². The van der Waals surface area contributed by atoms with E-state index in [1.54, 1.807) is 7.11 Å². The summed E-state index contributed by atoms with van der Waals surface area (Å²) in [5.74, 6) is 1.60. The van der Waals surface area contributed by atoms with Gasteiger partial charge in [-0.05, 0) is 75.7 Å². The van der Waals surface area contributed by atoms with Gasteiger partial charge in [0, 0.05) is 25.0 Å². The van der Waals surface area contributed by atoms with Crippen LogP contribution in [0.5, 0.6) is 5.75 Å². The molecule has 2 heterocycles. The van der Waals surface area contributed by atoms with Gasteiger partial charge in [-0.25, -0.2) is 0 Å². The van der Waals surface area contributed by atoms with Crippen LogP contribution in [-0.4, -0.2) is 61.4 Å². The second kappa shape index (κ2) is 10.0. The van der Waals surface area contributed by atoms with Crippen LogP contribution in [0.25, 0.3) is 0 Å². The summed E-state index contributed by atoms with van der Waals surface area (Å²) < 4.78 is 5.31. The molecule has 1 aromatic rings. The Bertz CT molecular complexity index is 760. The first kappa shape index (κ1) is 22.1. The number of benzene rings is 1. The van der Waals surface area contributed by atoms with Crippen LogP contribution in [-0.2, 0) is 9.59 Å². The Morgan fingerprint density at radius 2 is 1.71 bits per heavy atom. The van der Waals surface area contributed by atoms with E-state index in [-0.39, 0.29) is 29.8 Å². The van der Waals surface area contributed by atoms with Gasteiger partial charge in [0.25, 0.3) is 0 Å². The van der Waals surface area contributed by atoms with E-state index in [9.17, 15) is 9.59 Å². The lowest BCUT2D eigenvalue weighted by Gasteiger charge is -2.40. The number of hydrogen-bond donors (Lipinski definition) is 1. The van der Waals surface area contributed by atoms with Crippen molar-refractivity contribution in [2.45, 2.75) is 63.5 Å². The smallest absolute Gasteiger partial charge is 0.242 e. The summed E-state index contributed by atoms with van der Waals surface area (Å²) in [6, 6.07) is 8.29. The number of nitrogens with zero attached hydrogens (tertiary/aromatic N) is 2. The minimum atomic E-state index is -0.283. The standard InChI is InChI=1S/C25H37N3O3/c1-27-15-5-9-20(23(27)18-11-13-21(31-2)14-12-18)17-26-24(29)22-10-6-16-28(22)25(30)19-7-3-4-8-19/h11-14,19-20,22-23H,3-10,15-17H2,1-2H3,(H,26,29). The summed E-state index contributed by atoms with van der Waals surface area (Å²) in [7, 11) is 3.85. The Labute approximate surface area is 186 Å². The molecule has 6 nitrogen and oxygen atoms in total. The predicted molar refractivity (Wildman–Crippen MR) is 121 cm³/mol. The zero-order valence-electron chi connectivity index (χ0n) is 19.0. The average Bonchev–Trinajstić information content (AvgIpc) is 3.50. The Kier molecular flexibility index (Phi) is 7.16. The fourth-order valence-corrected chi connectivity index (χ4v) is 5.86. The molecule has 1 aromatic carbocycles. The Hall–Kier alpha value is -2.08. The van der Waals surface area contributed by atoms with E-state index in [2.05, 4.69) is 29.4 Å². The lowest BCUT2D eigenvalue weighted by Crippen LogP contribution is -2.49. The quantitative estimate of drug-likeness (QED) is 0.756. The molecule has 170 valence electrons. The van der Waals surface area contributed by atoms with Gasteiger partial charge in [0.15, 0.2) is 0 Å². The molecule has 31 heavy (non-hydrogen) atoms. The molecule has 2 saturated heterocycles. The number of carbonyl (C=O) groups is 2. The first-order chi connectivity index (χ1) is 15.1. The van der Waals surface area contributed by atoms with Crippen LogP contribution >= 0.6 is 0 Å². The number of nitrogens with one attached hydrogen (secondary N) is 1. The Balaban J connectivity index is 1.39. The van der Waals surface area contributed by atoms with Gasteiger partial charge >= 0.3 is 0 Å². The summed E-state index contributed by atoms with van der Waals surface area (Å²) in [5, 5.41) is 3.23. The third-order valence-electron chi connectivity index (χ3n) is 7.55. The number of carbonyl (C=O) groups excluding carboxylic acids is 2. The number of methoxy groups -OCH3 is 1. The molecule has 3 fully saturated rings. The van der Waals surface area contributed by atoms with Crippen LogP contribution in [0.1, 0.15) is 63.0 Å². The molecular weight excluding hydrogens is 390 g/mol. The second-order valence-corrected chi connectivity index (χ2v) is 9.52. The van der Waals surface area contributed by atoms with Crippen molar-refractivity contribution in [3.8, 4) is 5.75 Å². The van der Waals surface area contributed by atoms with Crippen molar-refractivity contribution in [3.05, 3.63) is 29.8 Å². The number of likely N-dealkylation sites (tertiary alicyclic amines) is 2. The molecule has 1 saturated carbocycles. The van der Waals surface area contributed by atoms with Crippen LogP contribution in [0.2, 0.25) is 0 Å². The van der Waals surface area contributed by atoms with Gasteiger partial charge in [-0.2, -0.15) is 0 Å². The van der Waals surface area contributed by atoms with Crippen LogP contribution in [0, 0.1) is 11.8 Å². The number of rotatable bonds is 6. The fourth-order valence-electron chi connectivity index (χ4n) is 5.86. The summed E-state index contributed by atoms with van der Waals surface area (Å²) >= 11 is 0. The largest absolute Gasteiger partial charge is 0.497 e. The van der Waals surface area contributed by atoms with Gasteiger partial charge in [-0.15, -0.1) is 0 Å². The molecule has 3 atom stereocenters. The summed E-state index contributed by atoms with van der Waals surface area (Å²) in [6.45, 7) is 2.45. The maximum Gasteiger partial charge on any atom is 0.242 e. The zero-order chi connectivity index (χ0) is 21.8. The Morgan fingerprint density at radius 3 is 2.42 bits per heavy atom. The second-order valence-electron chi connectivity index (χ2n) is 9.52. The minimum absolute atomic E-state index is 0.0329. The van der Waals surface area contributed by atoms with Gasteiger partial charge < -0.3 is 15.0 Å². The third kappa shape index (κ3) is 4.89. The van der Waals surface area contributed by atoms with Gasteiger partial charge in [0.1, 0.15) is 11.8 Å². The maximum absolute atomic E-state index is 13.1. The molecule has 1 aliphatic carbocycles. The third-order valence-corrected chi connectivity index (χ3v) is 7.55. The first-order valence-corrected chi connectivity index (χ1v) is 12.0. The highest BCUT2D eigenvalue weighted by molar-refractivity contribution is 5.89. The van der Waals surface area contributed by atoms with Crippen LogP contribution < -0.4 is 10.1 Å². The molecule has 0 aromatic heterocycles. The van der Waals surface area contributed by atoms with E-state index in [4.69, 9.17) is 4.74 Å². The predicted octanol–water partition coefficient (Wildman–Crippen LogP) is 3.38. The molecule has 0 spiro atoms. The fraction of sp³-hybridized carbons (Fsp3) is 0.680. The highest BCUT2D eigenvalue weighted by Gasteiger charge is 2.38.